The van der Waals surface area contributed by atoms with Crippen molar-refractivity contribution in [3.05, 3.63) is 29.8 Å². The highest BCUT2D eigenvalue weighted by molar-refractivity contribution is 5.95. The number of nitrogens with two attached hydrogens (primary N) is 3. The number of nitrogens with one attached hydrogen (secondary N) is 4. The van der Waals surface area contributed by atoms with Gasteiger partial charge >= 0.3 is 5.97 Å². The minimum absolute atomic E-state index is 0.0419. The molecule has 0 aromatic heterocycles. The van der Waals surface area contributed by atoms with Crippen molar-refractivity contribution in [3.8, 4) is 5.75 Å². The number of phenolic OH excluding ortho intramolecular Hbond substituents is 1. The fourth-order valence-electron chi connectivity index (χ4n) is 3.40. The van der Waals surface area contributed by atoms with Crippen LogP contribution < -0.4 is 38.5 Å². The molecular formula is C24H38N8O10. The molecule has 0 heterocycles. The molecule has 0 bridgehead atoms. The zero-order valence-electron chi connectivity index (χ0n) is 22.6. The van der Waals surface area contributed by atoms with Crippen LogP contribution in [0.4, 0.5) is 0 Å². The van der Waals surface area contributed by atoms with Crippen molar-refractivity contribution >= 4 is 35.6 Å². The summed E-state index contributed by atoms with van der Waals surface area (Å²) in [5.41, 5.74) is 16.9. The maximum Gasteiger partial charge on any atom is 0.328 e. The summed E-state index contributed by atoms with van der Waals surface area (Å²) in [5, 5.41) is 55.5. The Balaban J connectivity index is 2.99. The lowest BCUT2D eigenvalue weighted by Gasteiger charge is -2.25. The van der Waals surface area contributed by atoms with Crippen molar-refractivity contribution < 1.29 is 49.5 Å². The first-order valence-electron chi connectivity index (χ1n) is 12.7. The van der Waals surface area contributed by atoms with E-state index in [4.69, 9.17) is 27.4 Å². The third kappa shape index (κ3) is 12.3. The topological polar surface area (TPSA) is 325 Å². The number of aromatic hydroxyl groups is 1. The van der Waals surface area contributed by atoms with E-state index in [1.807, 2.05) is 5.32 Å². The lowest BCUT2D eigenvalue weighted by atomic mass is 10.0. The van der Waals surface area contributed by atoms with Gasteiger partial charge in [-0.15, -0.1) is 0 Å². The molecule has 234 valence electrons. The van der Waals surface area contributed by atoms with Gasteiger partial charge < -0.3 is 64.0 Å². The summed E-state index contributed by atoms with van der Waals surface area (Å²) in [6.45, 7) is -2.69. The molecular weight excluding hydrogens is 560 g/mol. The smallest absolute Gasteiger partial charge is 0.328 e. The standard InChI is InChI=1S/C24H38N8O10/c25-14(2-1-7-28-24(26)27)19(37)29-15(8-12-3-5-13(36)6-4-12)20(38)30-16(9-33)21(39)31-17(10-34)22(40)32-18(11-35)23(41)42/h3-6,14-18,33-36H,1-2,7-11,25H2,(H,29,37)(H,30,38)(H,31,39)(H,32,40)(H,41,42)(H4,26,27,28)/t14-,15-,16-,17-,18-/m0/s1. The second kappa shape index (κ2) is 18.0. The average molecular weight is 599 g/mol. The molecule has 0 aliphatic rings. The lowest BCUT2D eigenvalue weighted by Crippen LogP contribution is -2.60. The van der Waals surface area contributed by atoms with E-state index >= 15 is 0 Å². The molecule has 0 aliphatic heterocycles. The van der Waals surface area contributed by atoms with Gasteiger partial charge in [0.25, 0.3) is 0 Å². The van der Waals surface area contributed by atoms with Crippen molar-refractivity contribution in [3.63, 3.8) is 0 Å². The van der Waals surface area contributed by atoms with E-state index in [1.54, 1.807) is 0 Å². The molecule has 0 spiro atoms. The number of amides is 4. The van der Waals surface area contributed by atoms with E-state index in [0.29, 0.717) is 12.0 Å². The Kier molecular flexibility index (Phi) is 15.2. The summed E-state index contributed by atoms with van der Waals surface area (Å²) >= 11 is 0. The Morgan fingerprint density at radius 1 is 0.738 bits per heavy atom. The van der Waals surface area contributed by atoms with Gasteiger partial charge in [-0.2, -0.15) is 0 Å². The molecule has 5 atom stereocenters. The van der Waals surface area contributed by atoms with E-state index in [0.717, 1.165) is 0 Å². The number of benzene rings is 1. The van der Waals surface area contributed by atoms with Crippen molar-refractivity contribution in [1.82, 2.24) is 21.3 Å². The zero-order chi connectivity index (χ0) is 31.8. The largest absolute Gasteiger partial charge is 0.508 e. The van der Waals surface area contributed by atoms with E-state index < -0.39 is 79.6 Å². The number of carbonyl (C=O) groups is 5. The van der Waals surface area contributed by atoms with Gasteiger partial charge in [-0.1, -0.05) is 12.1 Å². The minimum atomic E-state index is -1.71. The van der Waals surface area contributed by atoms with Gasteiger partial charge in [0.1, 0.15) is 29.9 Å². The van der Waals surface area contributed by atoms with E-state index in [2.05, 4.69) is 20.9 Å². The summed E-state index contributed by atoms with van der Waals surface area (Å²) in [5.74, 6) is -5.64. The molecule has 0 fully saturated rings. The summed E-state index contributed by atoms with van der Waals surface area (Å²) < 4.78 is 0. The van der Waals surface area contributed by atoms with Crippen LogP contribution in [0.5, 0.6) is 5.75 Å². The number of aliphatic imine (C=N–C) groups is 1. The van der Waals surface area contributed by atoms with Gasteiger partial charge in [-0.25, -0.2) is 4.79 Å². The number of rotatable bonds is 18. The average Bonchev–Trinajstić information content (AvgIpc) is 2.95. The number of hydrogen-bond donors (Lipinski definition) is 12. The van der Waals surface area contributed by atoms with E-state index in [-0.39, 0.29) is 31.1 Å². The monoisotopic (exact) mass is 598 g/mol. The maximum absolute atomic E-state index is 13.2. The van der Waals surface area contributed by atoms with Crippen LogP contribution in [-0.2, 0) is 30.4 Å². The van der Waals surface area contributed by atoms with Crippen LogP contribution in [0.3, 0.4) is 0 Å². The predicted octanol–water partition coefficient (Wildman–Crippen LogP) is -5.68. The van der Waals surface area contributed by atoms with E-state index in [1.165, 1.54) is 24.3 Å². The van der Waals surface area contributed by atoms with Crippen LogP contribution in [0.1, 0.15) is 18.4 Å². The first kappa shape index (κ1) is 35.5. The van der Waals surface area contributed by atoms with Gasteiger partial charge in [0, 0.05) is 13.0 Å². The number of nitrogens with zero attached hydrogens (tertiary/aromatic N) is 1. The zero-order valence-corrected chi connectivity index (χ0v) is 22.6. The van der Waals surface area contributed by atoms with Crippen LogP contribution >= 0.6 is 0 Å². The first-order chi connectivity index (χ1) is 19.8. The number of aliphatic hydroxyl groups is 3. The van der Waals surface area contributed by atoms with Crippen LogP contribution in [0.25, 0.3) is 0 Å². The number of carboxylic acids is 1. The number of aliphatic hydroxyl groups excluding tert-OH is 3. The van der Waals surface area contributed by atoms with Crippen LogP contribution in [-0.4, -0.2) is 118 Å². The van der Waals surface area contributed by atoms with Crippen LogP contribution in [0.2, 0.25) is 0 Å². The number of phenols is 1. The van der Waals surface area contributed by atoms with Crippen molar-refractivity contribution in [2.24, 2.45) is 22.2 Å². The SMILES string of the molecule is NC(N)=NCCC[C@H](N)C(=O)N[C@@H](Cc1ccc(O)cc1)C(=O)N[C@@H](CO)C(=O)N[C@@H](CO)C(=O)N[C@@H](CO)C(=O)O. The van der Waals surface area contributed by atoms with E-state index in [9.17, 15) is 39.3 Å². The van der Waals surface area contributed by atoms with Gasteiger partial charge in [0.2, 0.25) is 23.6 Å². The molecule has 0 saturated heterocycles. The van der Waals surface area contributed by atoms with Gasteiger partial charge in [-0.3, -0.25) is 24.2 Å². The number of hydrogen-bond acceptors (Lipinski definition) is 11. The Labute approximate surface area is 240 Å². The highest BCUT2D eigenvalue weighted by atomic mass is 16.4. The van der Waals surface area contributed by atoms with Crippen LogP contribution in [0, 0.1) is 0 Å². The molecule has 1 aromatic carbocycles. The maximum atomic E-state index is 13.2. The van der Waals surface area contributed by atoms with Crippen molar-refractivity contribution in [1.29, 1.82) is 0 Å². The molecule has 1 aromatic rings. The van der Waals surface area contributed by atoms with Crippen molar-refractivity contribution in [2.45, 2.75) is 49.5 Å². The molecule has 18 heteroatoms. The molecule has 0 radical (unpaired) electrons. The molecule has 15 N–H and O–H groups in total. The molecule has 4 amide bonds. The van der Waals surface area contributed by atoms with Crippen LogP contribution in [0.15, 0.2) is 29.3 Å². The molecule has 0 unspecified atom stereocenters. The summed E-state index contributed by atoms with van der Waals surface area (Å²) in [7, 11) is 0. The molecule has 0 aliphatic carbocycles. The summed E-state index contributed by atoms with van der Waals surface area (Å²) in [6.07, 6.45) is 0.415. The third-order valence-electron chi connectivity index (χ3n) is 5.74. The molecule has 42 heavy (non-hydrogen) atoms. The number of guanidine groups is 1. The summed E-state index contributed by atoms with van der Waals surface area (Å²) in [6, 6.07) is -1.73. The molecule has 18 nitrogen and oxygen atoms in total. The van der Waals surface area contributed by atoms with Crippen molar-refractivity contribution in [2.75, 3.05) is 26.4 Å². The predicted molar refractivity (Wildman–Crippen MR) is 146 cm³/mol. The highest BCUT2D eigenvalue weighted by Gasteiger charge is 2.31. The molecule has 0 saturated carbocycles. The Hall–Kier alpha value is -4.52. The van der Waals surface area contributed by atoms with Gasteiger partial charge in [-0.05, 0) is 30.5 Å². The Bertz CT molecular complexity index is 1100. The highest BCUT2D eigenvalue weighted by Crippen LogP contribution is 2.12. The third-order valence-corrected chi connectivity index (χ3v) is 5.74. The quantitative estimate of drug-likeness (QED) is 0.0426. The summed E-state index contributed by atoms with van der Waals surface area (Å²) in [4.78, 5) is 65.7. The normalized spacial score (nSPS) is 14.3. The second-order valence-electron chi connectivity index (χ2n) is 9.06. The molecule has 1 rings (SSSR count). The number of carbonyl (C=O) groups excluding carboxylic acids is 4. The Morgan fingerprint density at radius 2 is 1.19 bits per heavy atom. The fraction of sp³-hybridized carbons (Fsp3) is 0.500. The van der Waals surface area contributed by atoms with Gasteiger partial charge in [0.15, 0.2) is 5.96 Å². The second-order valence-corrected chi connectivity index (χ2v) is 9.06. The Morgan fingerprint density at radius 3 is 1.64 bits per heavy atom. The fourth-order valence-corrected chi connectivity index (χ4v) is 3.40. The van der Waals surface area contributed by atoms with Gasteiger partial charge in [0.05, 0.1) is 25.9 Å². The number of carboxylic acid groups (broad SMARTS) is 1. The number of aliphatic carboxylic acids is 1. The minimum Gasteiger partial charge on any atom is -0.508 e. The lowest BCUT2D eigenvalue weighted by molar-refractivity contribution is -0.143. The first-order valence-corrected chi connectivity index (χ1v) is 12.7.